The number of benzene rings is 2. The lowest BCUT2D eigenvalue weighted by molar-refractivity contribution is -0.122. The predicted octanol–water partition coefficient (Wildman–Crippen LogP) is 1.61. The third-order valence-corrected chi connectivity index (χ3v) is 3.39. The van der Waals surface area contributed by atoms with Crippen molar-refractivity contribution in [1.82, 2.24) is 25.5 Å². The first-order chi connectivity index (χ1) is 11.8. The second-order valence-corrected chi connectivity index (χ2v) is 5.16. The van der Waals surface area contributed by atoms with E-state index in [0.29, 0.717) is 6.61 Å². The summed E-state index contributed by atoms with van der Waals surface area (Å²) >= 11 is 0. The Balaban J connectivity index is 1.66. The molecule has 0 saturated heterocycles. The van der Waals surface area contributed by atoms with Crippen LogP contribution in [-0.4, -0.2) is 32.7 Å². The fourth-order valence-electron chi connectivity index (χ4n) is 2.24. The highest BCUT2D eigenvalue weighted by molar-refractivity contribution is 5.76. The second kappa shape index (κ2) is 7.87. The van der Waals surface area contributed by atoms with Crippen LogP contribution in [0.1, 0.15) is 11.6 Å². The van der Waals surface area contributed by atoms with Gasteiger partial charge in [-0.15, -0.1) is 5.10 Å². The standard InChI is InChI=1S/C17H17N5O2/c23-17(11-22-13-18-20-21-22)19-16(14-7-3-1-4-8-14)12-24-15-9-5-2-6-10-15/h1-10,13,16H,11-12H2,(H,19,23)/t16-/m1/s1. The van der Waals surface area contributed by atoms with Crippen LogP contribution in [0.2, 0.25) is 0 Å². The molecule has 1 atom stereocenters. The van der Waals surface area contributed by atoms with Gasteiger partial charge in [-0.3, -0.25) is 4.79 Å². The molecule has 0 radical (unpaired) electrons. The number of tetrazole rings is 1. The first kappa shape index (κ1) is 15.7. The van der Waals surface area contributed by atoms with E-state index in [1.807, 2.05) is 60.7 Å². The zero-order valence-electron chi connectivity index (χ0n) is 12.9. The van der Waals surface area contributed by atoms with Gasteiger partial charge in [0.1, 0.15) is 25.2 Å². The summed E-state index contributed by atoms with van der Waals surface area (Å²) in [4.78, 5) is 12.2. The van der Waals surface area contributed by atoms with Crippen molar-refractivity contribution in [3.63, 3.8) is 0 Å². The second-order valence-electron chi connectivity index (χ2n) is 5.16. The molecule has 0 aliphatic carbocycles. The Morgan fingerprint density at radius 1 is 1.08 bits per heavy atom. The van der Waals surface area contributed by atoms with Crippen LogP contribution in [0.5, 0.6) is 5.75 Å². The number of nitrogens with one attached hydrogen (secondary N) is 1. The van der Waals surface area contributed by atoms with Crippen LogP contribution in [0.4, 0.5) is 0 Å². The van der Waals surface area contributed by atoms with Crippen molar-refractivity contribution in [2.75, 3.05) is 6.61 Å². The third kappa shape index (κ3) is 4.39. The Morgan fingerprint density at radius 2 is 1.79 bits per heavy atom. The van der Waals surface area contributed by atoms with E-state index in [-0.39, 0.29) is 18.5 Å². The Bertz CT molecular complexity index is 747. The van der Waals surface area contributed by atoms with Crippen molar-refractivity contribution in [3.8, 4) is 5.75 Å². The average Bonchev–Trinajstić information content (AvgIpc) is 3.13. The van der Waals surface area contributed by atoms with Gasteiger partial charge in [-0.1, -0.05) is 48.5 Å². The number of aromatic nitrogens is 4. The molecule has 7 nitrogen and oxygen atoms in total. The minimum absolute atomic E-state index is 0.0572. The number of nitrogens with zero attached hydrogens (tertiary/aromatic N) is 4. The highest BCUT2D eigenvalue weighted by Crippen LogP contribution is 2.16. The van der Waals surface area contributed by atoms with Crippen LogP contribution < -0.4 is 10.1 Å². The van der Waals surface area contributed by atoms with Gasteiger partial charge in [0.05, 0.1) is 6.04 Å². The predicted molar refractivity (Wildman–Crippen MR) is 87.1 cm³/mol. The van der Waals surface area contributed by atoms with E-state index in [9.17, 15) is 4.79 Å². The van der Waals surface area contributed by atoms with Gasteiger partial charge in [0.15, 0.2) is 0 Å². The summed E-state index contributed by atoms with van der Waals surface area (Å²) in [6, 6.07) is 18.9. The molecule has 3 aromatic rings. The smallest absolute Gasteiger partial charge is 0.242 e. The summed E-state index contributed by atoms with van der Waals surface area (Å²) < 4.78 is 7.17. The Labute approximate surface area is 139 Å². The molecule has 1 heterocycles. The van der Waals surface area contributed by atoms with Crippen LogP contribution in [-0.2, 0) is 11.3 Å². The van der Waals surface area contributed by atoms with Gasteiger partial charge in [-0.05, 0) is 28.1 Å². The van der Waals surface area contributed by atoms with Crippen molar-refractivity contribution in [3.05, 3.63) is 72.6 Å². The highest BCUT2D eigenvalue weighted by atomic mass is 16.5. The highest BCUT2D eigenvalue weighted by Gasteiger charge is 2.16. The fourth-order valence-corrected chi connectivity index (χ4v) is 2.24. The summed E-state index contributed by atoms with van der Waals surface area (Å²) in [5.41, 5.74) is 0.971. The molecule has 7 heteroatoms. The lowest BCUT2D eigenvalue weighted by Crippen LogP contribution is -2.34. The van der Waals surface area contributed by atoms with Crippen LogP contribution in [0.15, 0.2) is 67.0 Å². The zero-order chi connectivity index (χ0) is 16.6. The molecule has 0 bridgehead atoms. The number of rotatable bonds is 7. The maximum absolute atomic E-state index is 12.2. The van der Waals surface area contributed by atoms with E-state index >= 15 is 0 Å². The number of amides is 1. The van der Waals surface area contributed by atoms with E-state index < -0.39 is 0 Å². The normalized spacial score (nSPS) is 11.7. The van der Waals surface area contributed by atoms with E-state index in [1.165, 1.54) is 11.0 Å². The van der Waals surface area contributed by atoms with Crippen molar-refractivity contribution in [2.24, 2.45) is 0 Å². The van der Waals surface area contributed by atoms with Gasteiger partial charge in [0, 0.05) is 0 Å². The first-order valence-corrected chi connectivity index (χ1v) is 7.54. The minimum atomic E-state index is -0.268. The molecule has 1 amide bonds. The molecule has 1 N–H and O–H groups in total. The van der Waals surface area contributed by atoms with E-state index in [1.54, 1.807) is 0 Å². The van der Waals surface area contributed by atoms with Gasteiger partial charge in [0.25, 0.3) is 0 Å². The fraction of sp³-hybridized carbons (Fsp3) is 0.176. The monoisotopic (exact) mass is 323 g/mol. The van der Waals surface area contributed by atoms with E-state index in [2.05, 4.69) is 20.8 Å². The Hall–Kier alpha value is -3.22. The molecular formula is C17H17N5O2. The number of carbonyl (C=O) groups excluding carboxylic acids is 1. The van der Waals surface area contributed by atoms with Crippen LogP contribution in [0.3, 0.4) is 0 Å². The van der Waals surface area contributed by atoms with Gasteiger partial charge >= 0.3 is 0 Å². The zero-order valence-corrected chi connectivity index (χ0v) is 12.9. The maximum Gasteiger partial charge on any atom is 0.242 e. The van der Waals surface area contributed by atoms with Crippen molar-refractivity contribution in [2.45, 2.75) is 12.6 Å². The molecule has 0 fully saturated rings. The summed E-state index contributed by atoms with van der Waals surface area (Å²) in [7, 11) is 0. The van der Waals surface area contributed by atoms with Gasteiger partial charge in [-0.25, -0.2) is 4.68 Å². The van der Waals surface area contributed by atoms with E-state index in [4.69, 9.17) is 4.74 Å². The topological polar surface area (TPSA) is 81.9 Å². The van der Waals surface area contributed by atoms with Gasteiger partial charge in [0.2, 0.25) is 5.91 Å². The number of carbonyl (C=O) groups is 1. The number of ether oxygens (including phenoxy) is 1. The quantitative estimate of drug-likeness (QED) is 0.714. The summed E-state index contributed by atoms with van der Waals surface area (Å²) in [6.45, 7) is 0.386. The first-order valence-electron chi connectivity index (χ1n) is 7.54. The van der Waals surface area contributed by atoms with Gasteiger partial charge < -0.3 is 10.1 Å². The number of hydrogen-bond acceptors (Lipinski definition) is 5. The molecule has 0 aliphatic rings. The molecule has 0 spiro atoms. The number of hydrogen-bond donors (Lipinski definition) is 1. The minimum Gasteiger partial charge on any atom is -0.491 e. The molecule has 2 aromatic carbocycles. The molecule has 0 unspecified atom stereocenters. The molecule has 3 rings (SSSR count). The SMILES string of the molecule is O=C(Cn1cnnn1)N[C@H](COc1ccccc1)c1ccccc1. The van der Waals surface area contributed by atoms with Crippen molar-refractivity contribution >= 4 is 5.91 Å². The Morgan fingerprint density at radius 3 is 2.46 bits per heavy atom. The Kier molecular flexibility index (Phi) is 5.14. The van der Waals surface area contributed by atoms with Crippen LogP contribution in [0.25, 0.3) is 0 Å². The maximum atomic E-state index is 12.2. The van der Waals surface area contributed by atoms with Crippen LogP contribution in [0, 0.1) is 0 Å². The van der Waals surface area contributed by atoms with E-state index in [0.717, 1.165) is 11.3 Å². The number of para-hydroxylation sites is 1. The van der Waals surface area contributed by atoms with Crippen molar-refractivity contribution in [1.29, 1.82) is 0 Å². The van der Waals surface area contributed by atoms with Crippen molar-refractivity contribution < 1.29 is 9.53 Å². The molecule has 1 aromatic heterocycles. The summed E-state index contributed by atoms with van der Waals surface area (Å²) in [5, 5.41) is 13.7. The molecule has 24 heavy (non-hydrogen) atoms. The largest absolute Gasteiger partial charge is 0.491 e. The summed E-state index contributed by atoms with van der Waals surface area (Å²) in [5.74, 6) is 0.570. The molecular weight excluding hydrogens is 306 g/mol. The average molecular weight is 323 g/mol. The lowest BCUT2D eigenvalue weighted by Gasteiger charge is -2.20. The lowest BCUT2D eigenvalue weighted by atomic mass is 10.1. The molecule has 0 aliphatic heterocycles. The van der Waals surface area contributed by atoms with Crippen LogP contribution >= 0.6 is 0 Å². The molecule has 122 valence electrons. The summed E-state index contributed by atoms with van der Waals surface area (Å²) in [6.07, 6.45) is 1.40. The van der Waals surface area contributed by atoms with Gasteiger partial charge in [-0.2, -0.15) is 0 Å². The molecule has 0 saturated carbocycles. The third-order valence-electron chi connectivity index (χ3n) is 3.39.